The lowest BCUT2D eigenvalue weighted by Gasteiger charge is -2.30. The number of aromatic nitrogens is 1. The molecule has 1 saturated heterocycles. The molecule has 190 valence electrons. The van der Waals surface area contributed by atoms with Crippen LogP contribution < -0.4 is 15.4 Å². The second-order valence-corrected chi connectivity index (χ2v) is 10.6. The van der Waals surface area contributed by atoms with Crippen LogP contribution in [0.5, 0.6) is 5.75 Å². The molecule has 1 atom stereocenters. The smallest absolute Gasteiger partial charge is 0.323 e. The van der Waals surface area contributed by atoms with Crippen LogP contribution in [0.2, 0.25) is 0 Å². The largest absolute Gasteiger partial charge is 0.497 e. The predicted octanol–water partition coefficient (Wildman–Crippen LogP) is 3.12. The van der Waals surface area contributed by atoms with Crippen LogP contribution in [0.3, 0.4) is 0 Å². The molecular weight excluding hydrogens is 478 g/mol. The van der Waals surface area contributed by atoms with E-state index in [0.717, 1.165) is 31.5 Å². The van der Waals surface area contributed by atoms with Crippen LogP contribution in [0.4, 0.5) is 0 Å². The third-order valence-corrected chi connectivity index (χ3v) is 7.97. The van der Waals surface area contributed by atoms with Gasteiger partial charge in [-0.05, 0) is 79.4 Å². The van der Waals surface area contributed by atoms with E-state index in [1.165, 1.54) is 25.4 Å². The van der Waals surface area contributed by atoms with Gasteiger partial charge in [0.05, 0.1) is 12.0 Å². The van der Waals surface area contributed by atoms with E-state index in [-0.39, 0.29) is 28.4 Å². The van der Waals surface area contributed by atoms with Gasteiger partial charge in [-0.3, -0.25) is 4.79 Å². The molecule has 0 radical (unpaired) electrons. The van der Waals surface area contributed by atoms with Crippen LogP contribution in [0.15, 0.2) is 82.8 Å². The highest BCUT2D eigenvalue weighted by Crippen LogP contribution is 2.23. The zero-order valence-corrected chi connectivity index (χ0v) is 21.0. The molecule has 0 saturated carbocycles. The molecule has 4 rings (SSSR count). The van der Waals surface area contributed by atoms with Crippen LogP contribution >= 0.6 is 0 Å². The number of carbonyl (C=O) groups is 1. The summed E-state index contributed by atoms with van der Waals surface area (Å²) in [6, 6.07) is 18.6. The second-order valence-electron chi connectivity index (χ2n) is 8.72. The normalized spacial score (nSPS) is 15.2. The molecule has 36 heavy (non-hydrogen) atoms. The first-order valence-electron chi connectivity index (χ1n) is 12.0. The van der Waals surface area contributed by atoms with Crippen molar-refractivity contribution in [3.63, 3.8) is 0 Å². The third kappa shape index (κ3) is 6.48. The van der Waals surface area contributed by atoms with E-state index in [1.54, 1.807) is 24.3 Å². The van der Waals surface area contributed by atoms with Crippen molar-refractivity contribution in [1.29, 1.82) is 0 Å². The molecule has 0 amide bonds. The maximum atomic E-state index is 13.1. The number of ether oxygens (including phenoxy) is 2. The highest BCUT2D eigenvalue weighted by molar-refractivity contribution is 7.91. The Bertz CT molecular complexity index is 1240. The van der Waals surface area contributed by atoms with Gasteiger partial charge in [0.25, 0.3) is 0 Å². The van der Waals surface area contributed by atoms with Crippen LogP contribution in [0.1, 0.15) is 24.0 Å². The van der Waals surface area contributed by atoms with Crippen molar-refractivity contribution in [2.45, 2.75) is 42.0 Å². The lowest BCUT2D eigenvalue weighted by Crippen LogP contribution is -2.47. The summed E-state index contributed by atoms with van der Waals surface area (Å²) in [6.45, 7) is 2.20. The number of carbonyl (C=O) groups excluding carboxylic acids is 1. The van der Waals surface area contributed by atoms with Crippen LogP contribution in [-0.2, 0) is 32.5 Å². The van der Waals surface area contributed by atoms with Crippen molar-refractivity contribution < 1.29 is 22.7 Å². The molecule has 0 aliphatic carbocycles. The Morgan fingerprint density at radius 1 is 1.06 bits per heavy atom. The number of nitrogens with zero attached hydrogens (tertiary/aromatic N) is 1. The van der Waals surface area contributed by atoms with Gasteiger partial charge >= 0.3 is 5.97 Å². The van der Waals surface area contributed by atoms with E-state index in [2.05, 4.69) is 15.6 Å². The number of piperidine rings is 1. The fourth-order valence-corrected chi connectivity index (χ4v) is 5.49. The lowest BCUT2D eigenvalue weighted by atomic mass is 9.90. The van der Waals surface area contributed by atoms with Gasteiger partial charge in [0, 0.05) is 12.7 Å². The molecule has 8 nitrogen and oxygen atoms in total. The summed E-state index contributed by atoms with van der Waals surface area (Å²) in [5.74, 6) is 0.396. The third-order valence-electron chi connectivity index (χ3n) is 6.30. The van der Waals surface area contributed by atoms with Crippen molar-refractivity contribution in [1.82, 2.24) is 15.6 Å². The molecular formula is C27H31N3O5S. The Balaban J connectivity index is 1.46. The van der Waals surface area contributed by atoms with Crippen LogP contribution in [0, 0.1) is 5.92 Å². The molecule has 0 unspecified atom stereocenters. The minimum atomic E-state index is -3.80. The Kier molecular flexibility index (Phi) is 8.69. The summed E-state index contributed by atoms with van der Waals surface area (Å²) in [5.41, 5.74) is 1.64. The number of hydrogen-bond donors (Lipinski definition) is 2. The molecule has 1 aliphatic heterocycles. The number of methoxy groups -OCH3 is 1. The lowest BCUT2D eigenvalue weighted by molar-refractivity contribution is -0.149. The van der Waals surface area contributed by atoms with E-state index < -0.39 is 15.9 Å². The Morgan fingerprint density at radius 3 is 2.47 bits per heavy atom. The maximum Gasteiger partial charge on any atom is 0.323 e. The van der Waals surface area contributed by atoms with Gasteiger partial charge in [-0.1, -0.05) is 30.3 Å². The number of pyridine rings is 1. The minimum Gasteiger partial charge on any atom is -0.497 e. The molecule has 0 spiro atoms. The summed E-state index contributed by atoms with van der Waals surface area (Å²) in [6.07, 6.45) is 3.18. The molecule has 0 bridgehead atoms. The van der Waals surface area contributed by atoms with E-state index >= 15 is 0 Å². The molecule has 1 aromatic heterocycles. The van der Waals surface area contributed by atoms with Crippen molar-refractivity contribution in [3.05, 3.63) is 84.1 Å². The van der Waals surface area contributed by atoms with Gasteiger partial charge in [-0.15, -0.1) is 0 Å². The van der Waals surface area contributed by atoms with Crippen molar-refractivity contribution >= 4 is 15.8 Å². The Hall–Kier alpha value is -3.27. The number of esters is 1. The van der Waals surface area contributed by atoms with E-state index in [4.69, 9.17) is 9.47 Å². The van der Waals surface area contributed by atoms with Gasteiger partial charge in [0.15, 0.2) is 5.03 Å². The number of sulfone groups is 1. The van der Waals surface area contributed by atoms with Gasteiger partial charge < -0.3 is 20.1 Å². The zero-order valence-electron chi connectivity index (χ0n) is 20.2. The number of rotatable bonds is 10. The minimum absolute atomic E-state index is 0.0444. The van der Waals surface area contributed by atoms with Gasteiger partial charge in [-0.2, -0.15) is 0 Å². The Labute approximate surface area is 212 Å². The topological polar surface area (TPSA) is 107 Å². The van der Waals surface area contributed by atoms with Gasteiger partial charge in [0.2, 0.25) is 9.84 Å². The summed E-state index contributed by atoms with van der Waals surface area (Å²) in [7, 11) is -2.27. The molecule has 2 heterocycles. The molecule has 9 heteroatoms. The average molecular weight is 510 g/mol. The molecule has 3 aromatic rings. The standard InChI is InChI=1S/C27H31N3O5S/c1-34-23-7-9-24(10-8-23)36(32,33)25-17-21(11-16-29-25)18-30-26(22-12-14-28-15-13-22)27(31)35-19-20-5-3-2-4-6-20/h2-11,16-17,22,26,28,30H,12-15,18-19H2,1H3/t26-/m1/s1. The second kappa shape index (κ2) is 12.1. The summed E-state index contributed by atoms with van der Waals surface area (Å²) in [5, 5.41) is 6.61. The highest BCUT2D eigenvalue weighted by Gasteiger charge is 2.30. The van der Waals surface area contributed by atoms with Gasteiger partial charge in [0.1, 0.15) is 18.4 Å². The monoisotopic (exact) mass is 509 g/mol. The van der Waals surface area contributed by atoms with Crippen LogP contribution in [0.25, 0.3) is 0 Å². The van der Waals surface area contributed by atoms with Gasteiger partial charge in [-0.25, -0.2) is 13.4 Å². The zero-order chi connectivity index (χ0) is 25.4. The first kappa shape index (κ1) is 25.8. The highest BCUT2D eigenvalue weighted by atomic mass is 32.2. The first-order chi connectivity index (χ1) is 17.5. The molecule has 2 N–H and O–H groups in total. The Morgan fingerprint density at radius 2 is 1.78 bits per heavy atom. The SMILES string of the molecule is COc1ccc(S(=O)(=O)c2cc(CN[C@@H](C(=O)OCc3ccccc3)C3CCNCC3)ccn2)cc1. The fraction of sp³-hybridized carbons (Fsp3) is 0.333. The number of benzene rings is 2. The van der Waals surface area contributed by atoms with Crippen LogP contribution in [-0.4, -0.2) is 45.6 Å². The average Bonchev–Trinajstić information content (AvgIpc) is 2.93. The number of nitrogens with one attached hydrogen (secondary N) is 2. The molecule has 2 aromatic carbocycles. The number of hydrogen-bond acceptors (Lipinski definition) is 8. The maximum absolute atomic E-state index is 13.1. The quantitative estimate of drug-likeness (QED) is 0.402. The van der Waals surface area contributed by atoms with E-state index in [1.807, 2.05) is 30.3 Å². The fourth-order valence-electron chi connectivity index (χ4n) is 4.25. The summed E-state index contributed by atoms with van der Waals surface area (Å²) < 4.78 is 36.9. The van der Waals surface area contributed by atoms with E-state index in [0.29, 0.717) is 17.9 Å². The van der Waals surface area contributed by atoms with E-state index in [9.17, 15) is 13.2 Å². The summed E-state index contributed by atoms with van der Waals surface area (Å²) >= 11 is 0. The first-order valence-corrected chi connectivity index (χ1v) is 13.4. The van der Waals surface area contributed by atoms with Crippen molar-refractivity contribution in [2.24, 2.45) is 5.92 Å². The van der Waals surface area contributed by atoms with Crippen molar-refractivity contribution in [3.8, 4) is 5.75 Å². The summed E-state index contributed by atoms with van der Waals surface area (Å²) in [4.78, 5) is 17.3. The molecule has 1 aliphatic rings. The van der Waals surface area contributed by atoms with Crippen molar-refractivity contribution in [2.75, 3.05) is 20.2 Å². The molecule has 1 fully saturated rings. The predicted molar refractivity (Wildman–Crippen MR) is 135 cm³/mol.